The first-order valence-electron chi connectivity index (χ1n) is 8.65. The first-order valence-corrected chi connectivity index (χ1v) is 8.65. The van der Waals surface area contributed by atoms with Crippen molar-refractivity contribution in [2.24, 2.45) is 4.99 Å². The number of hydrogen-bond acceptors (Lipinski definition) is 3. The minimum absolute atomic E-state index is 0. The standard InChI is InChI=1S/C20H27N3O2.HI/c1-3-21-20(22-13-7-10-16-8-5-4-6-9-16)23-15-17-11-12-19(25-2)18(24)14-17;/h4-6,8-9,11-12,14,24H,3,7,10,13,15H2,1-2H3,(H2,21,22,23);1H. The molecule has 0 spiro atoms. The number of aryl methyl sites for hydroxylation is 1. The maximum atomic E-state index is 9.84. The number of rotatable bonds is 8. The normalized spacial score (nSPS) is 10.8. The van der Waals surface area contributed by atoms with Crippen LogP contribution in [0.3, 0.4) is 0 Å². The number of aliphatic imine (C=N–C) groups is 1. The molecule has 0 saturated carbocycles. The Kier molecular flexibility index (Phi) is 10.5. The van der Waals surface area contributed by atoms with Gasteiger partial charge in [-0.3, -0.25) is 0 Å². The highest BCUT2D eigenvalue weighted by Gasteiger charge is 2.03. The Bertz CT molecular complexity index is 678. The van der Waals surface area contributed by atoms with Gasteiger partial charge in [-0.15, -0.1) is 24.0 Å². The van der Waals surface area contributed by atoms with Crippen LogP contribution in [0.2, 0.25) is 0 Å². The Morgan fingerprint density at radius 2 is 1.85 bits per heavy atom. The van der Waals surface area contributed by atoms with E-state index in [0.29, 0.717) is 12.3 Å². The third-order valence-corrected chi connectivity index (χ3v) is 3.78. The predicted octanol–water partition coefficient (Wildman–Crippen LogP) is 3.71. The molecule has 26 heavy (non-hydrogen) atoms. The molecule has 2 aromatic rings. The van der Waals surface area contributed by atoms with Crippen LogP contribution < -0.4 is 15.4 Å². The van der Waals surface area contributed by atoms with E-state index < -0.39 is 0 Å². The van der Waals surface area contributed by atoms with Gasteiger partial charge < -0.3 is 20.5 Å². The number of phenols is 1. The van der Waals surface area contributed by atoms with Crippen LogP contribution in [0.5, 0.6) is 11.5 Å². The molecule has 5 nitrogen and oxygen atoms in total. The number of aromatic hydroxyl groups is 1. The van der Waals surface area contributed by atoms with Crippen molar-refractivity contribution in [2.45, 2.75) is 26.3 Å². The summed E-state index contributed by atoms with van der Waals surface area (Å²) < 4.78 is 5.06. The number of hydrogen-bond donors (Lipinski definition) is 3. The fourth-order valence-electron chi connectivity index (χ4n) is 2.49. The summed E-state index contributed by atoms with van der Waals surface area (Å²) >= 11 is 0. The van der Waals surface area contributed by atoms with Gasteiger partial charge in [-0.1, -0.05) is 36.4 Å². The second-order valence-corrected chi connectivity index (χ2v) is 5.72. The zero-order valence-corrected chi connectivity index (χ0v) is 17.7. The minimum atomic E-state index is 0. The largest absolute Gasteiger partial charge is 0.504 e. The molecule has 0 radical (unpaired) electrons. The summed E-state index contributed by atoms with van der Waals surface area (Å²) in [5, 5.41) is 16.4. The molecule has 6 heteroatoms. The smallest absolute Gasteiger partial charge is 0.191 e. The molecule has 0 aliphatic rings. The van der Waals surface area contributed by atoms with E-state index in [9.17, 15) is 5.11 Å². The van der Waals surface area contributed by atoms with E-state index in [2.05, 4.69) is 39.9 Å². The van der Waals surface area contributed by atoms with Gasteiger partial charge in [0.2, 0.25) is 0 Å². The average Bonchev–Trinajstić information content (AvgIpc) is 2.64. The number of halogens is 1. The minimum Gasteiger partial charge on any atom is -0.504 e. The van der Waals surface area contributed by atoms with Crippen molar-refractivity contribution in [3.8, 4) is 11.5 Å². The van der Waals surface area contributed by atoms with Gasteiger partial charge >= 0.3 is 0 Å². The lowest BCUT2D eigenvalue weighted by Crippen LogP contribution is -2.37. The number of ether oxygens (including phenoxy) is 1. The quantitative estimate of drug-likeness (QED) is 0.239. The molecule has 0 aromatic heterocycles. The second-order valence-electron chi connectivity index (χ2n) is 5.72. The Labute approximate surface area is 172 Å². The third kappa shape index (κ3) is 7.51. The fraction of sp³-hybridized carbons (Fsp3) is 0.350. The van der Waals surface area contributed by atoms with Crippen LogP contribution >= 0.6 is 24.0 Å². The van der Waals surface area contributed by atoms with Crippen LogP contribution in [0.15, 0.2) is 53.5 Å². The lowest BCUT2D eigenvalue weighted by atomic mass is 10.1. The number of nitrogens with one attached hydrogen (secondary N) is 2. The molecule has 0 unspecified atom stereocenters. The first-order chi connectivity index (χ1) is 12.2. The van der Waals surface area contributed by atoms with E-state index in [4.69, 9.17) is 4.74 Å². The van der Waals surface area contributed by atoms with Crippen LogP contribution in [0.4, 0.5) is 0 Å². The third-order valence-electron chi connectivity index (χ3n) is 3.78. The molecule has 0 atom stereocenters. The maximum absolute atomic E-state index is 9.84. The summed E-state index contributed by atoms with van der Waals surface area (Å²) in [6.45, 7) is 4.19. The lowest BCUT2D eigenvalue weighted by molar-refractivity contribution is 0.373. The molecule has 0 heterocycles. The van der Waals surface area contributed by atoms with Crippen LogP contribution in [0.25, 0.3) is 0 Å². The SMILES string of the molecule is CCNC(=NCc1ccc(OC)c(O)c1)NCCCc1ccccc1.I. The molecule has 0 bridgehead atoms. The molecule has 2 aromatic carbocycles. The summed E-state index contributed by atoms with van der Waals surface area (Å²) in [5.41, 5.74) is 2.28. The fourth-order valence-corrected chi connectivity index (χ4v) is 2.49. The molecule has 2 rings (SSSR count). The van der Waals surface area contributed by atoms with Crippen molar-refractivity contribution in [1.82, 2.24) is 10.6 Å². The number of methoxy groups -OCH3 is 1. The van der Waals surface area contributed by atoms with E-state index >= 15 is 0 Å². The highest BCUT2D eigenvalue weighted by atomic mass is 127. The summed E-state index contributed by atoms with van der Waals surface area (Å²) in [6.07, 6.45) is 2.08. The molecule has 0 aliphatic heterocycles. The van der Waals surface area contributed by atoms with E-state index in [1.165, 1.54) is 12.7 Å². The molecule has 142 valence electrons. The van der Waals surface area contributed by atoms with Gasteiger partial charge in [0, 0.05) is 13.1 Å². The van der Waals surface area contributed by atoms with Crippen molar-refractivity contribution < 1.29 is 9.84 Å². The van der Waals surface area contributed by atoms with E-state index in [1.54, 1.807) is 12.1 Å². The predicted molar refractivity (Wildman–Crippen MR) is 118 cm³/mol. The van der Waals surface area contributed by atoms with Crippen LogP contribution in [0.1, 0.15) is 24.5 Å². The molecular formula is C20H28IN3O2. The van der Waals surface area contributed by atoms with E-state index in [1.807, 2.05) is 19.1 Å². The van der Waals surface area contributed by atoms with E-state index in [0.717, 1.165) is 37.5 Å². The summed E-state index contributed by atoms with van der Waals surface area (Å²) in [4.78, 5) is 4.57. The average molecular weight is 469 g/mol. The summed E-state index contributed by atoms with van der Waals surface area (Å²) in [6, 6.07) is 15.8. The van der Waals surface area contributed by atoms with Gasteiger partial charge in [-0.2, -0.15) is 0 Å². The monoisotopic (exact) mass is 469 g/mol. The van der Waals surface area contributed by atoms with Crippen LogP contribution in [-0.2, 0) is 13.0 Å². The van der Waals surface area contributed by atoms with Gasteiger partial charge in [0.15, 0.2) is 17.5 Å². The van der Waals surface area contributed by atoms with Gasteiger partial charge in [-0.05, 0) is 43.0 Å². The van der Waals surface area contributed by atoms with Gasteiger partial charge in [0.1, 0.15) is 0 Å². The Morgan fingerprint density at radius 3 is 2.50 bits per heavy atom. The van der Waals surface area contributed by atoms with Crippen molar-refractivity contribution in [2.75, 3.05) is 20.2 Å². The molecular weight excluding hydrogens is 441 g/mol. The zero-order chi connectivity index (χ0) is 17.9. The molecule has 0 aliphatic carbocycles. The van der Waals surface area contributed by atoms with Crippen LogP contribution in [0, 0.1) is 0 Å². The Morgan fingerprint density at radius 1 is 1.08 bits per heavy atom. The van der Waals surface area contributed by atoms with Gasteiger partial charge in [-0.25, -0.2) is 4.99 Å². The van der Waals surface area contributed by atoms with E-state index in [-0.39, 0.29) is 29.7 Å². The summed E-state index contributed by atoms with van der Waals surface area (Å²) in [7, 11) is 1.54. The Balaban J connectivity index is 0.00000338. The number of phenolic OH excluding ortho intramolecular Hbond substituents is 1. The number of benzene rings is 2. The van der Waals surface area contributed by atoms with Crippen molar-refractivity contribution in [3.05, 3.63) is 59.7 Å². The lowest BCUT2D eigenvalue weighted by Gasteiger charge is -2.11. The first kappa shape index (κ1) is 22.1. The van der Waals surface area contributed by atoms with Gasteiger partial charge in [0.25, 0.3) is 0 Å². The second kappa shape index (κ2) is 12.4. The molecule has 0 saturated heterocycles. The van der Waals surface area contributed by atoms with Crippen molar-refractivity contribution in [3.63, 3.8) is 0 Å². The zero-order valence-electron chi connectivity index (χ0n) is 15.4. The maximum Gasteiger partial charge on any atom is 0.191 e. The topological polar surface area (TPSA) is 65.9 Å². The van der Waals surface area contributed by atoms with Crippen molar-refractivity contribution in [1.29, 1.82) is 0 Å². The Hall–Kier alpha value is -1.96. The van der Waals surface area contributed by atoms with Crippen molar-refractivity contribution >= 4 is 29.9 Å². The van der Waals surface area contributed by atoms with Gasteiger partial charge in [0.05, 0.1) is 13.7 Å². The number of nitrogens with zero attached hydrogens (tertiary/aromatic N) is 1. The summed E-state index contributed by atoms with van der Waals surface area (Å²) in [5.74, 6) is 1.39. The molecule has 3 N–H and O–H groups in total. The highest BCUT2D eigenvalue weighted by molar-refractivity contribution is 14.0. The molecule has 0 amide bonds. The van der Waals surface area contributed by atoms with Crippen LogP contribution in [-0.4, -0.2) is 31.3 Å². The highest BCUT2D eigenvalue weighted by Crippen LogP contribution is 2.26. The molecule has 0 fully saturated rings. The number of guanidine groups is 1.